The maximum atomic E-state index is 11.4. The first-order valence-corrected chi connectivity index (χ1v) is 6.81. The van der Waals surface area contributed by atoms with Gasteiger partial charge >= 0.3 is 5.97 Å². The molecule has 0 aliphatic carbocycles. The zero-order chi connectivity index (χ0) is 15.4. The highest BCUT2D eigenvalue weighted by molar-refractivity contribution is 5.99. The third-order valence-corrected chi connectivity index (χ3v) is 3.14. The Bertz CT molecular complexity index is 651. The van der Waals surface area contributed by atoms with Crippen molar-refractivity contribution in [2.45, 2.75) is 26.8 Å². The monoisotopic (exact) mass is 293 g/mol. The highest BCUT2D eigenvalue weighted by atomic mass is 16.5. The second-order valence-electron chi connectivity index (χ2n) is 4.59. The number of carboxylic acid groups (broad SMARTS) is 1. The Morgan fingerprint density at radius 2 is 2.24 bits per heavy atom. The van der Waals surface area contributed by atoms with Crippen LogP contribution in [0.15, 0.2) is 6.20 Å². The minimum atomic E-state index is -1.04. The van der Waals surface area contributed by atoms with Crippen molar-refractivity contribution in [3.8, 4) is 5.75 Å². The summed E-state index contributed by atoms with van der Waals surface area (Å²) >= 11 is 0. The van der Waals surface area contributed by atoms with Crippen molar-refractivity contribution >= 4 is 17.0 Å². The summed E-state index contributed by atoms with van der Waals surface area (Å²) in [6, 6.07) is 0. The fourth-order valence-electron chi connectivity index (χ4n) is 2.24. The predicted molar refractivity (Wildman–Crippen MR) is 76.9 cm³/mol. The van der Waals surface area contributed by atoms with Crippen LogP contribution in [0.5, 0.6) is 5.75 Å². The summed E-state index contributed by atoms with van der Waals surface area (Å²) in [6.07, 6.45) is 2.41. The van der Waals surface area contributed by atoms with E-state index in [1.54, 1.807) is 24.9 Å². The summed E-state index contributed by atoms with van der Waals surface area (Å²) in [5.41, 5.74) is 1.16. The molecule has 7 heteroatoms. The lowest BCUT2D eigenvalue weighted by Crippen LogP contribution is -2.09. The van der Waals surface area contributed by atoms with Crippen molar-refractivity contribution in [2.24, 2.45) is 0 Å². The number of ether oxygens (including phenoxy) is 2. The smallest absolute Gasteiger partial charge is 0.341 e. The van der Waals surface area contributed by atoms with E-state index < -0.39 is 5.97 Å². The topological polar surface area (TPSA) is 86.5 Å². The maximum Gasteiger partial charge on any atom is 0.341 e. The van der Waals surface area contributed by atoms with E-state index in [0.717, 1.165) is 6.42 Å². The van der Waals surface area contributed by atoms with Gasteiger partial charge in [0, 0.05) is 20.3 Å². The number of methoxy groups -OCH3 is 1. The van der Waals surface area contributed by atoms with E-state index in [1.165, 1.54) is 0 Å². The lowest BCUT2D eigenvalue weighted by Gasteiger charge is -2.11. The number of hydrogen-bond donors (Lipinski definition) is 1. The van der Waals surface area contributed by atoms with Crippen molar-refractivity contribution in [1.29, 1.82) is 0 Å². The summed E-state index contributed by atoms with van der Waals surface area (Å²) in [6.45, 7) is 5.15. The normalized spacial score (nSPS) is 11.0. The van der Waals surface area contributed by atoms with Crippen LogP contribution >= 0.6 is 0 Å². The molecule has 0 amide bonds. The van der Waals surface area contributed by atoms with E-state index in [1.807, 2.05) is 6.92 Å². The van der Waals surface area contributed by atoms with Crippen molar-refractivity contribution in [2.75, 3.05) is 20.3 Å². The van der Waals surface area contributed by atoms with E-state index in [9.17, 15) is 9.90 Å². The Morgan fingerprint density at radius 1 is 1.48 bits per heavy atom. The van der Waals surface area contributed by atoms with Gasteiger partial charge in [-0.05, 0) is 20.3 Å². The first kappa shape index (κ1) is 15.2. The van der Waals surface area contributed by atoms with Gasteiger partial charge in [-0.1, -0.05) is 0 Å². The minimum absolute atomic E-state index is 0.0980. The highest BCUT2D eigenvalue weighted by Crippen LogP contribution is 2.30. The molecule has 0 radical (unpaired) electrons. The van der Waals surface area contributed by atoms with Gasteiger partial charge in [0.25, 0.3) is 0 Å². The largest absolute Gasteiger partial charge is 0.492 e. The van der Waals surface area contributed by atoms with E-state index >= 15 is 0 Å². The summed E-state index contributed by atoms with van der Waals surface area (Å²) in [5, 5.41) is 14.2. The predicted octanol–water partition coefficient (Wildman–Crippen LogP) is 1.87. The molecule has 2 rings (SSSR count). The van der Waals surface area contributed by atoms with E-state index in [-0.39, 0.29) is 5.56 Å². The van der Waals surface area contributed by atoms with Crippen LogP contribution in [0.2, 0.25) is 0 Å². The Hall–Kier alpha value is -2.15. The number of aromatic nitrogens is 3. The molecule has 114 valence electrons. The highest BCUT2D eigenvalue weighted by Gasteiger charge is 2.22. The van der Waals surface area contributed by atoms with Crippen LogP contribution in [0.1, 0.15) is 29.4 Å². The third-order valence-electron chi connectivity index (χ3n) is 3.14. The fraction of sp³-hybridized carbons (Fsp3) is 0.500. The van der Waals surface area contributed by atoms with Crippen LogP contribution in [-0.4, -0.2) is 46.2 Å². The van der Waals surface area contributed by atoms with E-state index in [4.69, 9.17) is 9.47 Å². The lowest BCUT2D eigenvalue weighted by molar-refractivity contribution is 0.0691. The molecule has 0 atom stereocenters. The number of carboxylic acids is 1. The molecular weight excluding hydrogens is 274 g/mol. The van der Waals surface area contributed by atoms with Gasteiger partial charge in [0.1, 0.15) is 11.3 Å². The average Bonchev–Trinajstić information content (AvgIpc) is 2.82. The van der Waals surface area contributed by atoms with Crippen molar-refractivity contribution in [3.05, 3.63) is 17.5 Å². The van der Waals surface area contributed by atoms with E-state index in [0.29, 0.717) is 42.2 Å². The minimum Gasteiger partial charge on any atom is -0.492 e. The van der Waals surface area contributed by atoms with Crippen LogP contribution < -0.4 is 4.74 Å². The van der Waals surface area contributed by atoms with Crippen molar-refractivity contribution in [3.63, 3.8) is 0 Å². The average molecular weight is 293 g/mol. The number of nitrogens with zero attached hydrogens (tertiary/aromatic N) is 3. The van der Waals surface area contributed by atoms with Crippen molar-refractivity contribution in [1.82, 2.24) is 14.8 Å². The number of rotatable bonds is 7. The molecule has 2 aromatic heterocycles. The number of aryl methyl sites for hydroxylation is 2. The van der Waals surface area contributed by atoms with Crippen LogP contribution in [0.4, 0.5) is 0 Å². The van der Waals surface area contributed by atoms with Gasteiger partial charge in [0.2, 0.25) is 0 Å². The summed E-state index contributed by atoms with van der Waals surface area (Å²) in [4.78, 5) is 15.8. The first-order chi connectivity index (χ1) is 10.1. The van der Waals surface area contributed by atoms with E-state index in [2.05, 4.69) is 10.1 Å². The SMILES string of the molecule is CCOc1c(C(=O)O)c(C)nc2c1cnn2CCCOC. The Morgan fingerprint density at radius 3 is 2.86 bits per heavy atom. The van der Waals surface area contributed by atoms with Gasteiger partial charge in [-0.3, -0.25) is 0 Å². The molecule has 7 nitrogen and oxygen atoms in total. The maximum absolute atomic E-state index is 11.4. The van der Waals surface area contributed by atoms with Crippen LogP contribution in [0.3, 0.4) is 0 Å². The molecule has 0 aliphatic rings. The molecule has 0 saturated heterocycles. The Labute approximate surface area is 122 Å². The van der Waals surface area contributed by atoms with Gasteiger partial charge in [-0.25, -0.2) is 14.5 Å². The molecule has 0 saturated carbocycles. The van der Waals surface area contributed by atoms with Crippen LogP contribution in [0.25, 0.3) is 11.0 Å². The van der Waals surface area contributed by atoms with Gasteiger partial charge in [-0.15, -0.1) is 0 Å². The van der Waals surface area contributed by atoms with Gasteiger partial charge in [-0.2, -0.15) is 5.10 Å². The van der Waals surface area contributed by atoms with Gasteiger partial charge in [0.05, 0.1) is 23.9 Å². The standard InChI is InChI=1S/C14H19N3O4/c1-4-21-12-10-8-15-17(6-5-7-20-3)13(10)16-9(2)11(12)14(18)19/h8H,4-7H2,1-3H3,(H,18,19). The summed E-state index contributed by atoms with van der Waals surface area (Å²) in [5.74, 6) is -0.706. The lowest BCUT2D eigenvalue weighted by atomic mass is 10.1. The number of hydrogen-bond acceptors (Lipinski definition) is 5. The quantitative estimate of drug-likeness (QED) is 0.784. The van der Waals surface area contributed by atoms with Crippen molar-refractivity contribution < 1.29 is 19.4 Å². The molecule has 0 aliphatic heterocycles. The number of carbonyl (C=O) groups is 1. The molecule has 0 bridgehead atoms. The number of fused-ring (bicyclic) bond motifs is 1. The van der Waals surface area contributed by atoms with Gasteiger partial charge in [0.15, 0.2) is 5.65 Å². The summed E-state index contributed by atoms with van der Waals surface area (Å²) < 4.78 is 12.3. The second-order valence-corrected chi connectivity index (χ2v) is 4.59. The molecule has 2 heterocycles. The molecule has 1 N–H and O–H groups in total. The summed E-state index contributed by atoms with van der Waals surface area (Å²) in [7, 11) is 1.65. The molecule has 0 aromatic carbocycles. The molecule has 0 spiro atoms. The zero-order valence-electron chi connectivity index (χ0n) is 12.4. The number of aromatic carboxylic acids is 1. The molecule has 21 heavy (non-hydrogen) atoms. The fourth-order valence-corrected chi connectivity index (χ4v) is 2.24. The Balaban J connectivity index is 2.53. The molecule has 0 fully saturated rings. The first-order valence-electron chi connectivity index (χ1n) is 6.81. The molecular formula is C14H19N3O4. The number of pyridine rings is 1. The Kier molecular flexibility index (Phi) is 4.74. The van der Waals surface area contributed by atoms with Crippen LogP contribution in [-0.2, 0) is 11.3 Å². The van der Waals surface area contributed by atoms with Crippen LogP contribution in [0, 0.1) is 6.92 Å². The molecule has 0 unspecified atom stereocenters. The molecule has 2 aromatic rings. The van der Waals surface area contributed by atoms with Gasteiger partial charge < -0.3 is 14.6 Å². The third kappa shape index (κ3) is 2.97. The second kappa shape index (κ2) is 6.53. The zero-order valence-corrected chi connectivity index (χ0v) is 12.4.